The average molecular weight is 238 g/mol. The van der Waals surface area contributed by atoms with Crippen molar-refractivity contribution >= 4 is 5.82 Å². The quantitative estimate of drug-likeness (QED) is 0.621. The highest BCUT2D eigenvalue weighted by Crippen LogP contribution is 2.24. The van der Waals surface area contributed by atoms with Gasteiger partial charge in [0, 0.05) is 12.6 Å². The van der Waals surface area contributed by atoms with Gasteiger partial charge in [-0.05, 0) is 19.8 Å². The smallest absolute Gasteiger partial charge is 0.143 e. The molecule has 1 aliphatic carbocycles. The number of hydrogen-bond donors (Lipinski definition) is 2. The summed E-state index contributed by atoms with van der Waals surface area (Å²) in [4.78, 5) is 0. The Balaban J connectivity index is 1.97. The minimum atomic E-state index is 0.411. The van der Waals surface area contributed by atoms with E-state index in [1.807, 2.05) is 14.0 Å². The molecule has 0 radical (unpaired) electrons. The van der Waals surface area contributed by atoms with Crippen molar-refractivity contribution in [2.24, 2.45) is 12.9 Å². The molecule has 1 saturated carbocycles. The highest BCUT2D eigenvalue weighted by Gasteiger charge is 2.17. The third-order valence-electron chi connectivity index (χ3n) is 3.50. The second kappa shape index (κ2) is 5.51. The molecule has 0 bridgehead atoms. The molecule has 2 rings (SSSR count). The van der Waals surface area contributed by atoms with Crippen molar-refractivity contribution in [2.45, 2.75) is 51.7 Å². The molecule has 1 aromatic rings. The van der Waals surface area contributed by atoms with Crippen molar-refractivity contribution in [3.05, 3.63) is 11.3 Å². The van der Waals surface area contributed by atoms with Crippen LogP contribution < -0.4 is 11.3 Å². The molecule has 5 nitrogen and oxygen atoms in total. The molecular weight excluding hydrogens is 216 g/mol. The lowest BCUT2D eigenvalue weighted by Crippen LogP contribution is -2.18. The topological polar surface area (TPSA) is 65.1 Å². The normalized spacial score (nSPS) is 17.4. The molecule has 0 spiro atoms. The number of aryl methyl sites for hydroxylation is 2. The van der Waals surface area contributed by atoms with Gasteiger partial charge in [0.1, 0.15) is 5.82 Å². The minimum absolute atomic E-state index is 0.411. The molecule has 1 fully saturated rings. The van der Waals surface area contributed by atoms with E-state index in [1.54, 1.807) is 4.68 Å². The largest absolute Gasteiger partial charge is 0.373 e. The van der Waals surface area contributed by atoms with Gasteiger partial charge in [-0.25, -0.2) is 5.84 Å². The second-order valence-electron chi connectivity index (χ2n) is 4.75. The van der Waals surface area contributed by atoms with Gasteiger partial charge in [-0.3, -0.25) is 4.68 Å². The first-order chi connectivity index (χ1) is 8.22. The zero-order valence-corrected chi connectivity index (χ0v) is 10.7. The van der Waals surface area contributed by atoms with Crippen LogP contribution in [0.2, 0.25) is 0 Å². The predicted molar refractivity (Wildman–Crippen MR) is 67.4 cm³/mol. The van der Waals surface area contributed by atoms with Gasteiger partial charge in [0.25, 0.3) is 0 Å². The van der Waals surface area contributed by atoms with Crippen molar-refractivity contribution in [1.82, 2.24) is 9.78 Å². The molecule has 1 aromatic heterocycles. The van der Waals surface area contributed by atoms with E-state index in [2.05, 4.69) is 10.5 Å². The maximum atomic E-state index is 5.96. The fourth-order valence-corrected chi connectivity index (χ4v) is 2.49. The van der Waals surface area contributed by atoms with Crippen LogP contribution in [0.3, 0.4) is 0 Å². The fourth-order valence-electron chi connectivity index (χ4n) is 2.49. The van der Waals surface area contributed by atoms with E-state index in [0.717, 1.165) is 17.1 Å². The maximum absolute atomic E-state index is 5.96. The number of anilines is 1. The van der Waals surface area contributed by atoms with Gasteiger partial charge < -0.3 is 10.2 Å². The highest BCUT2D eigenvalue weighted by atomic mass is 16.5. The maximum Gasteiger partial charge on any atom is 0.143 e. The molecule has 96 valence electrons. The Morgan fingerprint density at radius 3 is 2.76 bits per heavy atom. The molecular formula is C12H22N4O. The fraction of sp³-hybridized carbons (Fsp3) is 0.750. The van der Waals surface area contributed by atoms with Crippen molar-refractivity contribution < 1.29 is 4.74 Å². The summed E-state index contributed by atoms with van der Waals surface area (Å²) in [6.07, 6.45) is 6.71. The summed E-state index contributed by atoms with van der Waals surface area (Å²) < 4.78 is 7.72. The predicted octanol–water partition coefficient (Wildman–Crippen LogP) is 1.86. The van der Waals surface area contributed by atoms with Crippen LogP contribution >= 0.6 is 0 Å². The van der Waals surface area contributed by atoms with Gasteiger partial charge in [0.05, 0.1) is 18.4 Å². The lowest BCUT2D eigenvalue weighted by molar-refractivity contribution is 0.0169. The second-order valence-corrected chi connectivity index (χ2v) is 4.75. The summed E-state index contributed by atoms with van der Waals surface area (Å²) in [5.74, 6) is 6.35. The average Bonchev–Trinajstić information content (AvgIpc) is 2.62. The molecule has 3 N–H and O–H groups in total. The number of nitrogens with two attached hydrogens (primary N) is 1. The summed E-state index contributed by atoms with van der Waals surface area (Å²) in [6.45, 7) is 2.59. The Hall–Kier alpha value is -1.07. The zero-order valence-electron chi connectivity index (χ0n) is 10.7. The van der Waals surface area contributed by atoms with E-state index in [0.29, 0.717) is 12.7 Å². The number of rotatable bonds is 4. The van der Waals surface area contributed by atoms with Gasteiger partial charge in [0.2, 0.25) is 0 Å². The molecule has 5 heteroatoms. The monoisotopic (exact) mass is 238 g/mol. The molecule has 0 atom stereocenters. The number of nitrogens with zero attached hydrogens (tertiary/aromatic N) is 2. The molecule has 0 aromatic carbocycles. The number of aromatic nitrogens is 2. The van der Waals surface area contributed by atoms with E-state index in [-0.39, 0.29) is 0 Å². The summed E-state index contributed by atoms with van der Waals surface area (Å²) in [5, 5.41) is 4.34. The van der Waals surface area contributed by atoms with Gasteiger partial charge >= 0.3 is 0 Å². The minimum Gasteiger partial charge on any atom is -0.373 e. The molecule has 0 unspecified atom stereocenters. The Kier molecular flexibility index (Phi) is 4.02. The van der Waals surface area contributed by atoms with Crippen LogP contribution in [0, 0.1) is 6.92 Å². The van der Waals surface area contributed by atoms with Crippen LogP contribution in [0.4, 0.5) is 5.82 Å². The van der Waals surface area contributed by atoms with E-state index < -0.39 is 0 Å². The molecule has 0 amide bonds. The third-order valence-corrected chi connectivity index (χ3v) is 3.50. The van der Waals surface area contributed by atoms with Crippen molar-refractivity contribution in [3.63, 3.8) is 0 Å². The van der Waals surface area contributed by atoms with Crippen LogP contribution in [0.15, 0.2) is 0 Å². The molecule has 17 heavy (non-hydrogen) atoms. The van der Waals surface area contributed by atoms with Crippen molar-refractivity contribution in [3.8, 4) is 0 Å². The van der Waals surface area contributed by atoms with Gasteiger partial charge in [0.15, 0.2) is 0 Å². The summed E-state index contributed by atoms with van der Waals surface area (Å²) >= 11 is 0. The Morgan fingerprint density at radius 2 is 2.12 bits per heavy atom. The van der Waals surface area contributed by atoms with Gasteiger partial charge in [-0.2, -0.15) is 5.10 Å². The van der Waals surface area contributed by atoms with Gasteiger partial charge in [-0.1, -0.05) is 19.3 Å². The lowest BCUT2D eigenvalue weighted by Gasteiger charge is -2.22. The number of nitrogens with one attached hydrogen (secondary N) is 1. The number of hydrogen-bond acceptors (Lipinski definition) is 4. The van der Waals surface area contributed by atoms with E-state index in [4.69, 9.17) is 10.6 Å². The van der Waals surface area contributed by atoms with Crippen LogP contribution in [0.1, 0.15) is 43.4 Å². The molecule has 1 heterocycles. The Labute approximate surface area is 102 Å². The Bertz CT molecular complexity index is 369. The first-order valence-electron chi connectivity index (χ1n) is 6.33. The Morgan fingerprint density at radius 1 is 1.41 bits per heavy atom. The summed E-state index contributed by atoms with van der Waals surface area (Å²) in [6, 6.07) is 0. The van der Waals surface area contributed by atoms with E-state index >= 15 is 0 Å². The lowest BCUT2D eigenvalue weighted by atomic mass is 9.98. The third kappa shape index (κ3) is 2.79. The first kappa shape index (κ1) is 12.4. The summed E-state index contributed by atoms with van der Waals surface area (Å²) in [7, 11) is 1.88. The van der Waals surface area contributed by atoms with Crippen LogP contribution in [-0.4, -0.2) is 15.9 Å². The molecule has 0 aliphatic heterocycles. The highest BCUT2D eigenvalue weighted by molar-refractivity contribution is 5.45. The molecule has 0 saturated heterocycles. The van der Waals surface area contributed by atoms with Crippen molar-refractivity contribution in [2.75, 3.05) is 5.43 Å². The van der Waals surface area contributed by atoms with E-state index in [1.165, 1.54) is 32.1 Å². The van der Waals surface area contributed by atoms with Crippen LogP contribution in [0.5, 0.6) is 0 Å². The summed E-state index contributed by atoms with van der Waals surface area (Å²) in [5.41, 5.74) is 4.75. The van der Waals surface area contributed by atoms with Gasteiger partial charge in [-0.15, -0.1) is 0 Å². The number of nitrogen functional groups attached to an aromatic ring is 1. The standard InChI is InChI=1S/C12H22N4O/c1-9-11(12(14-13)16(2)15-9)8-17-10-6-4-3-5-7-10/h10,14H,3-8,13H2,1-2H3. The zero-order chi connectivity index (χ0) is 12.3. The SMILES string of the molecule is Cc1nn(C)c(NN)c1COC1CCCCC1. The van der Waals surface area contributed by atoms with Crippen LogP contribution in [-0.2, 0) is 18.4 Å². The van der Waals surface area contributed by atoms with Crippen LogP contribution in [0.25, 0.3) is 0 Å². The first-order valence-corrected chi connectivity index (χ1v) is 6.33. The number of hydrazine groups is 1. The molecule has 1 aliphatic rings. The number of ether oxygens (including phenoxy) is 1. The van der Waals surface area contributed by atoms with E-state index in [9.17, 15) is 0 Å². The van der Waals surface area contributed by atoms with Crippen molar-refractivity contribution in [1.29, 1.82) is 0 Å².